The van der Waals surface area contributed by atoms with Crippen LogP contribution in [0.1, 0.15) is 40.5 Å². The Morgan fingerprint density at radius 3 is 2.55 bits per heavy atom. The number of methoxy groups -OCH3 is 1. The first-order chi connectivity index (χ1) is 10.3. The molecule has 5 nitrogen and oxygen atoms in total. The van der Waals surface area contributed by atoms with Gasteiger partial charge >= 0.3 is 6.09 Å². The third kappa shape index (κ3) is 5.06. The summed E-state index contributed by atoms with van der Waals surface area (Å²) < 4.78 is 10.6. The molecule has 0 N–H and O–H groups in total. The molecule has 1 aromatic carbocycles. The zero-order chi connectivity index (χ0) is 16.8. The second-order valence-corrected chi connectivity index (χ2v) is 6.04. The van der Waals surface area contributed by atoms with Crippen LogP contribution in [0.2, 0.25) is 0 Å². The Balaban J connectivity index is 3.19. The van der Waals surface area contributed by atoms with Crippen molar-refractivity contribution >= 4 is 18.1 Å². The first kappa shape index (κ1) is 18.0. The van der Waals surface area contributed by atoms with E-state index >= 15 is 0 Å². The van der Waals surface area contributed by atoms with Gasteiger partial charge in [-0.3, -0.25) is 4.90 Å². The van der Waals surface area contributed by atoms with Crippen LogP contribution in [-0.4, -0.2) is 31.1 Å². The molecule has 1 rings (SSSR count). The largest absolute Gasteiger partial charge is 0.497 e. The number of anilines is 1. The normalized spacial score (nSPS) is 12.4. The van der Waals surface area contributed by atoms with Gasteiger partial charge in [-0.05, 0) is 39.3 Å². The van der Waals surface area contributed by atoms with Gasteiger partial charge in [-0.1, -0.05) is 19.4 Å². The molecule has 0 spiro atoms. The molecular weight excluding hydrogens is 282 g/mol. The molecule has 0 aliphatic carbocycles. The molecule has 22 heavy (non-hydrogen) atoms. The molecule has 0 saturated heterocycles. The van der Waals surface area contributed by atoms with Crippen molar-refractivity contribution in [1.82, 2.24) is 0 Å². The van der Waals surface area contributed by atoms with Gasteiger partial charge in [-0.2, -0.15) is 0 Å². The van der Waals surface area contributed by atoms with E-state index in [1.54, 1.807) is 52.1 Å². The lowest BCUT2D eigenvalue weighted by molar-refractivity contribution is -0.109. The van der Waals surface area contributed by atoms with Crippen molar-refractivity contribution in [3.05, 3.63) is 24.3 Å². The van der Waals surface area contributed by atoms with Gasteiger partial charge in [0.15, 0.2) is 0 Å². The number of nitrogens with zero attached hydrogens (tertiary/aromatic N) is 1. The molecule has 5 heteroatoms. The summed E-state index contributed by atoms with van der Waals surface area (Å²) in [6.07, 6.45) is 1.60. The van der Waals surface area contributed by atoms with E-state index < -0.39 is 17.7 Å². The Labute approximate surface area is 132 Å². The maximum absolute atomic E-state index is 12.5. The third-order valence-electron chi connectivity index (χ3n) is 2.99. The molecule has 0 heterocycles. The SMILES string of the molecule is CCC[C@@H](C=O)N(C(=O)OC(C)(C)C)c1cccc(OC)c1. The monoisotopic (exact) mass is 307 g/mol. The third-order valence-corrected chi connectivity index (χ3v) is 2.99. The van der Waals surface area contributed by atoms with E-state index in [-0.39, 0.29) is 0 Å². The van der Waals surface area contributed by atoms with Gasteiger partial charge in [-0.15, -0.1) is 0 Å². The molecule has 0 unspecified atom stereocenters. The van der Waals surface area contributed by atoms with Gasteiger partial charge in [-0.25, -0.2) is 4.79 Å². The van der Waals surface area contributed by atoms with Crippen LogP contribution in [0.4, 0.5) is 10.5 Å². The van der Waals surface area contributed by atoms with E-state index in [1.165, 1.54) is 4.90 Å². The summed E-state index contributed by atoms with van der Waals surface area (Å²) in [7, 11) is 1.56. The maximum Gasteiger partial charge on any atom is 0.415 e. The van der Waals surface area contributed by atoms with Crippen LogP contribution >= 0.6 is 0 Å². The van der Waals surface area contributed by atoms with Crippen molar-refractivity contribution in [2.45, 2.75) is 52.2 Å². The van der Waals surface area contributed by atoms with Crippen LogP contribution in [0.5, 0.6) is 5.75 Å². The zero-order valence-corrected chi connectivity index (χ0v) is 14.0. The van der Waals surface area contributed by atoms with Crippen molar-refractivity contribution in [3.8, 4) is 5.75 Å². The van der Waals surface area contributed by atoms with E-state index in [0.717, 1.165) is 12.7 Å². The summed E-state index contributed by atoms with van der Waals surface area (Å²) in [5.74, 6) is 0.618. The highest BCUT2D eigenvalue weighted by Crippen LogP contribution is 2.26. The maximum atomic E-state index is 12.5. The van der Waals surface area contributed by atoms with Crippen molar-refractivity contribution in [2.24, 2.45) is 0 Å². The highest BCUT2D eigenvalue weighted by atomic mass is 16.6. The van der Waals surface area contributed by atoms with Crippen molar-refractivity contribution in [3.63, 3.8) is 0 Å². The number of benzene rings is 1. The molecule has 0 radical (unpaired) electrons. The number of carbonyl (C=O) groups is 2. The Hall–Kier alpha value is -2.04. The van der Waals surface area contributed by atoms with Crippen LogP contribution < -0.4 is 9.64 Å². The summed E-state index contributed by atoms with van der Waals surface area (Å²) in [6, 6.07) is 6.48. The second-order valence-electron chi connectivity index (χ2n) is 6.04. The first-order valence-electron chi connectivity index (χ1n) is 7.44. The molecule has 0 aliphatic rings. The van der Waals surface area contributed by atoms with Gasteiger partial charge in [0.1, 0.15) is 17.6 Å². The molecule has 1 atom stereocenters. The van der Waals surface area contributed by atoms with Gasteiger partial charge in [0.2, 0.25) is 0 Å². The second kappa shape index (κ2) is 7.82. The molecule has 0 aromatic heterocycles. The lowest BCUT2D eigenvalue weighted by atomic mass is 10.1. The average Bonchev–Trinajstić information content (AvgIpc) is 2.45. The summed E-state index contributed by atoms with van der Waals surface area (Å²) in [5, 5.41) is 0. The average molecular weight is 307 g/mol. The van der Waals surface area contributed by atoms with E-state index in [0.29, 0.717) is 17.9 Å². The molecule has 0 saturated carbocycles. The predicted molar refractivity (Wildman–Crippen MR) is 86.5 cm³/mol. The summed E-state index contributed by atoms with van der Waals surface area (Å²) in [5.41, 5.74) is -0.0486. The molecule has 1 amide bonds. The summed E-state index contributed by atoms with van der Waals surface area (Å²) in [4.78, 5) is 25.4. The number of amides is 1. The fourth-order valence-electron chi connectivity index (χ4n) is 2.06. The molecule has 0 fully saturated rings. The molecule has 0 bridgehead atoms. The number of carbonyl (C=O) groups excluding carboxylic acids is 2. The highest BCUT2D eigenvalue weighted by Gasteiger charge is 2.29. The molecular formula is C17H25NO4. The molecule has 1 aromatic rings. The van der Waals surface area contributed by atoms with Crippen LogP contribution in [-0.2, 0) is 9.53 Å². The highest BCUT2D eigenvalue weighted by molar-refractivity contribution is 5.92. The Morgan fingerprint density at radius 2 is 2.05 bits per heavy atom. The molecule has 122 valence electrons. The van der Waals surface area contributed by atoms with E-state index in [2.05, 4.69) is 0 Å². The molecule has 0 aliphatic heterocycles. The van der Waals surface area contributed by atoms with Crippen molar-refractivity contribution < 1.29 is 19.1 Å². The van der Waals surface area contributed by atoms with Crippen LogP contribution in [0.15, 0.2) is 24.3 Å². The zero-order valence-electron chi connectivity index (χ0n) is 14.0. The van der Waals surface area contributed by atoms with Gasteiger partial charge in [0.25, 0.3) is 0 Å². The lowest BCUT2D eigenvalue weighted by Crippen LogP contribution is -2.44. The van der Waals surface area contributed by atoms with Crippen LogP contribution in [0.25, 0.3) is 0 Å². The smallest absolute Gasteiger partial charge is 0.415 e. The Morgan fingerprint density at radius 1 is 1.36 bits per heavy atom. The number of aldehydes is 1. The minimum Gasteiger partial charge on any atom is -0.497 e. The number of ether oxygens (including phenoxy) is 2. The fourth-order valence-corrected chi connectivity index (χ4v) is 2.06. The lowest BCUT2D eigenvalue weighted by Gasteiger charge is -2.31. The van der Waals surface area contributed by atoms with E-state index in [9.17, 15) is 9.59 Å². The number of hydrogen-bond donors (Lipinski definition) is 0. The fraction of sp³-hybridized carbons (Fsp3) is 0.529. The van der Waals surface area contributed by atoms with Crippen LogP contribution in [0, 0.1) is 0 Å². The Bertz CT molecular complexity index is 508. The standard InChI is InChI=1S/C17H25NO4/c1-6-8-14(12-19)18(16(20)22-17(2,3)4)13-9-7-10-15(11-13)21-5/h7,9-12,14H,6,8H2,1-5H3/t14-/m0/s1. The topological polar surface area (TPSA) is 55.8 Å². The first-order valence-corrected chi connectivity index (χ1v) is 7.44. The van der Waals surface area contributed by atoms with Gasteiger partial charge < -0.3 is 14.3 Å². The Kier molecular flexibility index (Phi) is 6.40. The quantitative estimate of drug-likeness (QED) is 0.750. The van der Waals surface area contributed by atoms with E-state index in [4.69, 9.17) is 9.47 Å². The van der Waals surface area contributed by atoms with Gasteiger partial charge in [0.05, 0.1) is 18.8 Å². The number of rotatable bonds is 6. The van der Waals surface area contributed by atoms with Crippen molar-refractivity contribution in [2.75, 3.05) is 12.0 Å². The van der Waals surface area contributed by atoms with Gasteiger partial charge in [0, 0.05) is 6.07 Å². The minimum absolute atomic E-state index is 0.536. The van der Waals surface area contributed by atoms with Crippen molar-refractivity contribution in [1.29, 1.82) is 0 Å². The minimum atomic E-state index is -0.631. The summed E-state index contributed by atoms with van der Waals surface area (Å²) >= 11 is 0. The van der Waals surface area contributed by atoms with Crippen LogP contribution in [0.3, 0.4) is 0 Å². The summed E-state index contributed by atoms with van der Waals surface area (Å²) in [6.45, 7) is 7.36. The number of hydrogen-bond acceptors (Lipinski definition) is 4. The van der Waals surface area contributed by atoms with E-state index in [1.807, 2.05) is 6.92 Å². The predicted octanol–water partition coefficient (Wildman–Crippen LogP) is 3.80.